The Kier molecular flexibility index (Phi) is 10.3. The standard InChI is InChI=1S/C38H37N5O5S/c1-26-13-18-33(27(2)21-26)35(44)25-47-31-16-14-29(15-17-31)34-23-40-37-41-30-11-8-12-32(22-30)49(46,20-7-6-19-39-36(34)42-37)43-38(45)48-24-28-9-4-3-5-10-28/h3-5,8-18,21-23H,6-7,19-20,24-25H2,1-2H3,(H2,39,40,41,42). The van der Waals surface area contributed by atoms with Crippen molar-refractivity contribution in [2.75, 3.05) is 29.5 Å². The number of Topliss-reactive ketones (excluding diaryl/α,β-unsaturated/α-hetero) is 1. The van der Waals surface area contributed by atoms with Crippen molar-refractivity contribution in [2.45, 2.75) is 38.2 Å². The van der Waals surface area contributed by atoms with Crippen LogP contribution in [-0.2, 0) is 21.1 Å². The number of benzene rings is 4. The molecular weight excluding hydrogens is 639 g/mol. The molecule has 4 aromatic carbocycles. The Morgan fingerprint density at radius 1 is 0.918 bits per heavy atom. The SMILES string of the molecule is Cc1ccc(C(=O)COc2ccc(-c3cnc4nc3NCCCCS(=O)(=NC(=O)OCc3ccccc3)c3cccc(c3)N4)cc2)c(C)c1. The summed E-state index contributed by atoms with van der Waals surface area (Å²) in [6.07, 6.45) is 2.07. The number of amides is 1. The van der Waals surface area contributed by atoms with Crippen molar-refractivity contribution in [3.8, 4) is 16.9 Å². The normalized spacial score (nSPS) is 15.6. The summed E-state index contributed by atoms with van der Waals surface area (Å²) in [5, 5.41) is 6.60. The van der Waals surface area contributed by atoms with Crippen LogP contribution < -0.4 is 15.4 Å². The number of ketones is 1. The number of aryl methyl sites for hydroxylation is 2. The van der Waals surface area contributed by atoms with Crippen molar-refractivity contribution >= 4 is 39.1 Å². The molecule has 6 rings (SSSR count). The minimum atomic E-state index is -3.12. The average Bonchev–Trinajstić information content (AvgIpc) is 3.11. The van der Waals surface area contributed by atoms with Gasteiger partial charge in [-0.2, -0.15) is 4.98 Å². The van der Waals surface area contributed by atoms with Gasteiger partial charge in [-0.15, -0.1) is 4.36 Å². The maximum atomic E-state index is 14.2. The first-order valence-corrected chi connectivity index (χ1v) is 17.7. The molecule has 1 aliphatic rings. The Balaban J connectivity index is 1.17. The fraction of sp³-hybridized carbons (Fsp3) is 0.211. The lowest BCUT2D eigenvalue weighted by molar-refractivity contribution is 0.0921. The van der Waals surface area contributed by atoms with Gasteiger partial charge in [0.1, 0.15) is 18.2 Å². The number of anilines is 3. The highest BCUT2D eigenvalue weighted by Crippen LogP contribution is 2.30. The molecule has 1 aliphatic heterocycles. The van der Waals surface area contributed by atoms with Crippen molar-refractivity contribution in [3.05, 3.63) is 126 Å². The van der Waals surface area contributed by atoms with E-state index in [2.05, 4.69) is 20.0 Å². The monoisotopic (exact) mass is 675 g/mol. The van der Waals surface area contributed by atoms with Gasteiger partial charge in [-0.1, -0.05) is 72.3 Å². The van der Waals surface area contributed by atoms with Crippen LogP contribution in [0.1, 0.15) is 39.9 Å². The van der Waals surface area contributed by atoms with Crippen molar-refractivity contribution < 1.29 is 23.3 Å². The van der Waals surface area contributed by atoms with Gasteiger partial charge in [-0.05, 0) is 73.7 Å². The van der Waals surface area contributed by atoms with Crippen molar-refractivity contribution in [1.82, 2.24) is 9.97 Å². The first kappa shape index (κ1) is 33.4. The van der Waals surface area contributed by atoms with E-state index in [0.717, 1.165) is 27.8 Å². The van der Waals surface area contributed by atoms with E-state index in [1.807, 2.05) is 92.7 Å². The van der Waals surface area contributed by atoms with Crippen molar-refractivity contribution in [2.24, 2.45) is 4.36 Å². The zero-order valence-electron chi connectivity index (χ0n) is 27.3. The molecule has 2 heterocycles. The van der Waals surface area contributed by atoms with Crippen LogP contribution >= 0.6 is 0 Å². The van der Waals surface area contributed by atoms with Crippen LogP contribution in [0.3, 0.4) is 0 Å². The van der Waals surface area contributed by atoms with E-state index in [-0.39, 0.29) is 24.7 Å². The second-order valence-electron chi connectivity index (χ2n) is 11.8. The van der Waals surface area contributed by atoms with E-state index in [4.69, 9.17) is 14.5 Å². The number of aromatic nitrogens is 2. The highest BCUT2D eigenvalue weighted by atomic mass is 32.2. The van der Waals surface area contributed by atoms with E-state index in [9.17, 15) is 13.8 Å². The lowest BCUT2D eigenvalue weighted by Gasteiger charge is -2.14. The summed E-state index contributed by atoms with van der Waals surface area (Å²) in [5.41, 5.74) is 5.77. The molecule has 2 N–H and O–H groups in total. The van der Waals surface area contributed by atoms with Gasteiger partial charge in [-0.3, -0.25) is 4.79 Å². The van der Waals surface area contributed by atoms with Gasteiger partial charge in [0, 0.05) is 35.3 Å². The smallest absolute Gasteiger partial charge is 0.442 e. The third kappa shape index (κ3) is 8.49. The second kappa shape index (κ2) is 15.1. The summed E-state index contributed by atoms with van der Waals surface area (Å²) in [4.78, 5) is 35.2. The molecule has 5 aromatic rings. The highest BCUT2D eigenvalue weighted by molar-refractivity contribution is 7.94. The topological polar surface area (TPSA) is 132 Å². The fourth-order valence-electron chi connectivity index (χ4n) is 5.48. The van der Waals surface area contributed by atoms with Gasteiger partial charge in [0.15, 0.2) is 12.4 Å². The molecule has 49 heavy (non-hydrogen) atoms. The van der Waals surface area contributed by atoms with E-state index >= 15 is 0 Å². The summed E-state index contributed by atoms with van der Waals surface area (Å²) in [6.45, 7) is 4.45. The number of fused-ring (bicyclic) bond motifs is 4. The quantitative estimate of drug-likeness (QED) is 0.164. The zero-order valence-corrected chi connectivity index (χ0v) is 28.2. The molecule has 0 saturated carbocycles. The molecule has 1 unspecified atom stereocenters. The lowest BCUT2D eigenvalue weighted by Crippen LogP contribution is -2.13. The molecule has 4 bridgehead atoms. The molecule has 0 saturated heterocycles. The van der Waals surface area contributed by atoms with Crippen LogP contribution in [0.25, 0.3) is 11.1 Å². The number of nitrogens with zero attached hydrogens (tertiary/aromatic N) is 3. The maximum absolute atomic E-state index is 14.2. The van der Waals surface area contributed by atoms with Crippen LogP contribution in [0.4, 0.5) is 22.2 Å². The highest BCUT2D eigenvalue weighted by Gasteiger charge is 2.19. The molecule has 0 fully saturated rings. The van der Waals surface area contributed by atoms with Crippen LogP contribution in [0, 0.1) is 13.8 Å². The lowest BCUT2D eigenvalue weighted by atomic mass is 10.0. The number of hydrogen-bond donors (Lipinski definition) is 2. The molecule has 1 aromatic heterocycles. The Morgan fingerprint density at radius 2 is 1.73 bits per heavy atom. The van der Waals surface area contributed by atoms with Crippen molar-refractivity contribution in [3.63, 3.8) is 0 Å². The van der Waals surface area contributed by atoms with E-state index in [1.54, 1.807) is 24.4 Å². The summed E-state index contributed by atoms with van der Waals surface area (Å²) in [6, 6.07) is 29.5. The second-order valence-corrected chi connectivity index (χ2v) is 14.1. The first-order valence-electron chi connectivity index (χ1n) is 16.0. The third-order valence-electron chi connectivity index (χ3n) is 8.03. The Morgan fingerprint density at radius 3 is 2.53 bits per heavy atom. The van der Waals surface area contributed by atoms with Gasteiger partial charge in [-0.25, -0.2) is 14.0 Å². The van der Waals surface area contributed by atoms with Crippen LogP contribution in [0.2, 0.25) is 0 Å². The van der Waals surface area contributed by atoms with Gasteiger partial charge < -0.3 is 20.1 Å². The maximum Gasteiger partial charge on any atom is 0.442 e. The number of carbonyl (C=O) groups excluding carboxylic acids is 2. The van der Waals surface area contributed by atoms with Gasteiger partial charge in [0.25, 0.3) is 0 Å². The van der Waals surface area contributed by atoms with E-state index in [0.29, 0.717) is 53.0 Å². The van der Waals surface area contributed by atoms with Crippen molar-refractivity contribution in [1.29, 1.82) is 0 Å². The minimum absolute atomic E-state index is 0.0443. The fourth-order valence-corrected chi connectivity index (χ4v) is 7.41. The summed E-state index contributed by atoms with van der Waals surface area (Å²) in [5.74, 6) is 1.65. The number of nitrogens with one attached hydrogen (secondary N) is 2. The number of carbonyl (C=O) groups is 2. The molecule has 0 aliphatic carbocycles. The Hall–Kier alpha value is -5.55. The van der Waals surface area contributed by atoms with Crippen LogP contribution in [-0.4, -0.2) is 45.0 Å². The molecule has 0 spiro atoms. The predicted molar refractivity (Wildman–Crippen MR) is 191 cm³/mol. The molecule has 11 heteroatoms. The summed E-state index contributed by atoms with van der Waals surface area (Å²) >= 11 is 0. The van der Waals surface area contributed by atoms with Gasteiger partial charge >= 0.3 is 6.09 Å². The molecule has 1 atom stereocenters. The number of hydrogen-bond acceptors (Lipinski definition) is 9. The largest absolute Gasteiger partial charge is 0.485 e. The Bertz CT molecular complexity index is 2090. The molecule has 0 radical (unpaired) electrons. The summed E-state index contributed by atoms with van der Waals surface area (Å²) in [7, 11) is -3.12. The van der Waals surface area contributed by atoms with E-state index < -0.39 is 15.8 Å². The first-order chi connectivity index (χ1) is 23.8. The molecule has 10 nitrogen and oxygen atoms in total. The molecule has 250 valence electrons. The minimum Gasteiger partial charge on any atom is -0.485 e. The van der Waals surface area contributed by atoms with Gasteiger partial charge in [0.2, 0.25) is 5.95 Å². The summed E-state index contributed by atoms with van der Waals surface area (Å²) < 4.78 is 29.5. The average molecular weight is 676 g/mol. The predicted octanol–water partition coefficient (Wildman–Crippen LogP) is 8.14. The van der Waals surface area contributed by atoms with E-state index in [1.165, 1.54) is 0 Å². The number of ether oxygens (including phenoxy) is 2. The number of rotatable bonds is 7. The zero-order chi connectivity index (χ0) is 34.2. The molecule has 1 amide bonds. The molecular formula is C38H37N5O5S. The Labute approximate surface area is 286 Å². The van der Waals surface area contributed by atoms with Crippen LogP contribution in [0.5, 0.6) is 5.75 Å². The van der Waals surface area contributed by atoms with Crippen LogP contribution in [0.15, 0.2) is 113 Å². The van der Waals surface area contributed by atoms with Gasteiger partial charge in [0.05, 0.1) is 14.6 Å². The third-order valence-corrected chi connectivity index (χ3v) is 10.3.